The molecule has 0 aliphatic heterocycles. The first-order chi connectivity index (χ1) is 6.47. The number of aliphatic hydroxyl groups is 1. The SMILES string of the molecule is CC(C)(C)CNCC1(CO)CCCC1. The van der Waals surface area contributed by atoms with E-state index in [4.69, 9.17) is 0 Å². The Morgan fingerprint density at radius 2 is 1.79 bits per heavy atom. The third-order valence-electron chi connectivity index (χ3n) is 3.15. The summed E-state index contributed by atoms with van der Waals surface area (Å²) in [7, 11) is 0. The van der Waals surface area contributed by atoms with E-state index in [1.54, 1.807) is 0 Å². The van der Waals surface area contributed by atoms with E-state index in [1.807, 2.05) is 0 Å². The number of hydrogen-bond acceptors (Lipinski definition) is 2. The van der Waals surface area contributed by atoms with Crippen molar-refractivity contribution in [1.82, 2.24) is 5.32 Å². The lowest BCUT2D eigenvalue weighted by Crippen LogP contribution is -2.38. The van der Waals surface area contributed by atoms with Crippen LogP contribution in [0.1, 0.15) is 46.5 Å². The molecule has 0 radical (unpaired) electrons. The highest BCUT2D eigenvalue weighted by Gasteiger charge is 2.32. The van der Waals surface area contributed by atoms with Crippen molar-refractivity contribution in [3.8, 4) is 0 Å². The van der Waals surface area contributed by atoms with E-state index < -0.39 is 0 Å². The molecule has 84 valence electrons. The van der Waals surface area contributed by atoms with Gasteiger partial charge in [-0.2, -0.15) is 0 Å². The highest BCUT2D eigenvalue weighted by atomic mass is 16.3. The van der Waals surface area contributed by atoms with Crippen molar-refractivity contribution >= 4 is 0 Å². The summed E-state index contributed by atoms with van der Waals surface area (Å²) in [6, 6.07) is 0. The van der Waals surface area contributed by atoms with Gasteiger partial charge in [0.05, 0.1) is 0 Å². The van der Waals surface area contributed by atoms with E-state index in [0.717, 1.165) is 13.1 Å². The largest absolute Gasteiger partial charge is 0.396 e. The number of rotatable bonds is 4. The number of nitrogens with one attached hydrogen (secondary N) is 1. The molecule has 0 bridgehead atoms. The van der Waals surface area contributed by atoms with E-state index in [-0.39, 0.29) is 5.41 Å². The van der Waals surface area contributed by atoms with Gasteiger partial charge in [-0.05, 0) is 18.3 Å². The number of hydrogen-bond donors (Lipinski definition) is 2. The molecule has 0 atom stereocenters. The summed E-state index contributed by atoms with van der Waals surface area (Å²) >= 11 is 0. The van der Waals surface area contributed by atoms with Gasteiger partial charge in [-0.1, -0.05) is 33.6 Å². The van der Waals surface area contributed by atoms with Crippen LogP contribution in [0.4, 0.5) is 0 Å². The third-order valence-corrected chi connectivity index (χ3v) is 3.15. The van der Waals surface area contributed by atoms with E-state index >= 15 is 0 Å². The summed E-state index contributed by atoms with van der Waals surface area (Å²) in [5.41, 5.74) is 0.542. The molecule has 1 saturated carbocycles. The van der Waals surface area contributed by atoms with Crippen molar-refractivity contribution < 1.29 is 5.11 Å². The van der Waals surface area contributed by atoms with Gasteiger partial charge in [-0.3, -0.25) is 0 Å². The van der Waals surface area contributed by atoms with Crippen molar-refractivity contribution in [2.75, 3.05) is 19.7 Å². The molecule has 1 aliphatic rings. The monoisotopic (exact) mass is 199 g/mol. The second-order valence-corrected chi connectivity index (χ2v) is 6.03. The zero-order valence-corrected chi connectivity index (χ0v) is 9.90. The molecule has 0 aromatic heterocycles. The lowest BCUT2D eigenvalue weighted by Gasteiger charge is -2.29. The fourth-order valence-electron chi connectivity index (χ4n) is 2.22. The first-order valence-electron chi connectivity index (χ1n) is 5.79. The zero-order chi connectivity index (χ0) is 10.7. The van der Waals surface area contributed by atoms with Crippen LogP contribution in [0.5, 0.6) is 0 Å². The molecule has 0 aromatic rings. The normalized spacial score (nSPS) is 21.4. The summed E-state index contributed by atoms with van der Waals surface area (Å²) in [4.78, 5) is 0. The minimum Gasteiger partial charge on any atom is -0.396 e. The molecule has 2 nitrogen and oxygen atoms in total. The molecule has 1 rings (SSSR count). The van der Waals surface area contributed by atoms with E-state index in [2.05, 4.69) is 26.1 Å². The smallest absolute Gasteiger partial charge is 0.0499 e. The maximum absolute atomic E-state index is 9.41. The average Bonchev–Trinajstić information content (AvgIpc) is 2.52. The van der Waals surface area contributed by atoms with Crippen LogP contribution in [0.3, 0.4) is 0 Å². The Morgan fingerprint density at radius 1 is 1.21 bits per heavy atom. The number of aliphatic hydroxyl groups excluding tert-OH is 1. The van der Waals surface area contributed by atoms with Gasteiger partial charge in [0.25, 0.3) is 0 Å². The minimum absolute atomic E-state index is 0.200. The Balaban J connectivity index is 2.28. The molecule has 14 heavy (non-hydrogen) atoms. The van der Waals surface area contributed by atoms with Crippen LogP contribution in [0, 0.1) is 10.8 Å². The van der Waals surface area contributed by atoms with Gasteiger partial charge in [0, 0.05) is 25.1 Å². The van der Waals surface area contributed by atoms with Crippen LogP contribution in [0.25, 0.3) is 0 Å². The predicted molar refractivity (Wildman–Crippen MR) is 60.3 cm³/mol. The Kier molecular flexibility index (Phi) is 3.96. The minimum atomic E-state index is 0.200. The Morgan fingerprint density at radius 3 is 2.21 bits per heavy atom. The summed E-state index contributed by atoms with van der Waals surface area (Å²) in [6.45, 7) is 9.08. The maximum Gasteiger partial charge on any atom is 0.0499 e. The second-order valence-electron chi connectivity index (χ2n) is 6.03. The van der Waals surface area contributed by atoms with Crippen molar-refractivity contribution in [1.29, 1.82) is 0 Å². The molecule has 1 aliphatic carbocycles. The predicted octanol–water partition coefficient (Wildman–Crippen LogP) is 2.17. The maximum atomic E-state index is 9.41. The molecule has 0 unspecified atom stereocenters. The highest BCUT2D eigenvalue weighted by Crippen LogP contribution is 2.36. The Labute approximate surface area is 88.1 Å². The molecule has 1 fully saturated rings. The van der Waals surface area contributed by atoms with Crippen LogP contribution in [-0.2, 0) is 0 Å². The summed E-state index contributed by atoms with van der Waals surface area (Å²) in [5, 5.41) is 12.9. The first kappa shape index (κ1) is 12.0. The Hall–Kier alpha value is -0.0800. The van der Waals surface area contributed by atoms with E-state index in [9.17, 15) is 5.11 Å². The molecule has 0 saturated heterocycles. The van der Waals surface area contributed by atoms with Crippen molar-refractivity contribution in [3.05, 3.63) is 0 Å². The van der Waals surface area contributed by atoms with E-state index in [1.165, 1.54) is 25.7 Å². The Bertz CT molecular complexity index is 166. The van der Waals surface area contributed by atoms with Crippen LogP contribution in [0.15, 0.2) is 0 Å². The molecule has 0 spiro atoms. The molecule has 2 heteroatoms. The van der Waals surface area contributed by atoms with Gasteiger partial charge in [-0.25, -0.2) is 0 Å². The lowest BCUT2D eigenvalue weighted by molar-refractivity contribution is 0.125. The molecule has 0 amide bonds. The first-order valence-corrected chi connectivity index (χ1v) is 5.79. The van der Waals surface area contributed by atoms with Crippen LogP contribution in [-0.4, -0.2) is 24.8 Å². The van der Waals surface area contributed by atoms with Gasteiger partial charge < -0.3 is 10.4 Å². The standard InChI is InChI=1S/C12H25NO/c1-11(2,3)8-13-9-12(10-14)6-4-5-7-12/h13-14H,4-10H2,1-3H3. The van der Waals surface area contributed by atoms with Gasteiger partial charge in [0.1, 0.15) is 0 Å². The van der Waals surface area contributed by atoms with E-state index in [0.29, 0.717) is 12.0 Å². The second kappa shape index (κ2) is 4.63. The highest BCUT2D eigenvalue weighted by molar-refractivity contribution is 4.86. The summed E-state index contributed by atoms with van der Waals surface area (Å²) < 4.78 is 0. The van der Waals surface area contributed by atoms with Crippen LogP contribution >= 0.6 is 0 Å². The molecular formula is C12H25NO. The summed E-state index contributed by atoms with van der Waals surface area (Å²) in [6.07, 6.45) is 4.97. The van der Waals surface area contributed by atoms with Gasteiger partial charge in [0.2, 0.25) is 0 Å². The van der Waals surface area contributed by atoms with Crippen molar-refractivity contribution in [2.45, 2.75) is 46.5 Å². The molecule has 0 heterocycles. The van der Waals surface area contributed by atoms with Crippen LogP contribution in [0.2, 0.25) is 0 Å². The fraction of sp³-hybridized carbons (Fsp3) is 1.00. The average molecular weight is 199 g/mol. The van der Waals surface area contributed by atoms with Gasteiger partial charge in [-0.15, -0.1) is 0 Å². The zero-order valence-electron chi connectivity index (χ0n) is 9.90. The molecule has 2 N–H and O–H groups in total. The molecule has 0 aromatic carbocycles. The summed E-state index contributed by atoms with van der Waals surface area (Å²) in [5.74, 6) is 0. The topological polar surface area (TPSA) is 32.3 Å². The third kappa shape index (κ3) is 3.58. The van der Waals surface area contributed by atoms with Crippen molar-refractivity contribution in [2.24, 2.45) is 10.8 Å². The van der Waals surface area contributed by atoms with Crippen molar-refractivity contribution in [3.63, 3.8) is 0 Å². The lowest BCUT2D eigenvalue weighted by atomic mass is 9.86. The quantitative estimate of drug-likeness (QED) is 0.727. The van der Waals surface area contributed by atoms with Gasteiger partial charge >= 0.3 is 0 Å². The molecular weight excluding hydrogens is 174 g/mol. The van der Waals surface area contributed by atoms with Crippen LogP contribution < -0.4 is 5.32 Å². The van der Waals surface area contributed by atoms with Gasteiger partial charge in [0.15, 0.2) is 0 Å². The fourth-order valence-corrected chi connectivity index (χ4v) is 2.22.